The van der Waals surface area contributed by atoms with Crippen LogP contribution in [0.2, 0.25) is 0 Å². The van der Waals surface area contributed by atoms with E-state index in [1.54, 1.807) is 24.3 Å². The van der Waals surface area contributed by atoms with E-state index < -0.39 is 0 Å². The van der Waals surface area contributed by atoms with Crippen molar-refractivity contribution in [3.8, 4) is 22.3 Å². The first kappa shape index (κ1) is 25.2. The summed E-state index contributed by atoms with van der Waals surface area (Å²) in [6.07, 6.45) is 2.25. The quantitative estimate of drug-likeness (QED) is 0.157. The zero-order valence-electron chi connectivity index (χ0n) is 22.9. The lowest BCUT2D eigenvalue weighted by atomic mass is 9.66. The zero-order valence-corrected chi connectivity index (χ0v) is 22.9. The summed E-state index contributed by atoms with van der Waals surface area (Å²) in [7, 11) is 0. The van der Waals surface area contributed by atoms with Gasteiger partial charge >= 0.3 is 0 Å². The molecule has 2 heterocycles. The third-order valence-corrected chi connectivity index (χ3v) is 8.98. The lowest BCUT2D eigenvalue weighted by Crippen LogP contribution is -2.28. The number of hydrogen-bond donors (Lipinski definition) is 0. The number of nitro benzene ring substituents is 2. The van der Waals surface area contributed by atoms with E-state index in [1.165, 1.54) is 12.1 Å². The van der Waals surface area contributed by atoms with Crippen LogP contribution in [-0.4, -0.2) is 19.8 Å². The minimum absolute atomic E-state index is 0.0452. The normalized spacial score (nSPS) is 16.9. The SMILES string of the molecule is O=[N+]([O-])c1ccc2nc3c(c(-c4ccccc4)c2c1)[C@@H]1Cc2nc4ccc([N+](=O)[O-])cc4c(-c4ccccc4)c2[C@H](C3)C1. The highest BCUT2D eigenvalue weighted by molar-refractivity contribution is 6.00. The second kappa shape index (κ2) is 9.52. The van der Waals surface area contributed by atoms with Crippen LogP contribution in [0.4, 0.5) is 11.4 Å². The Morgan fingerprint density at radius 1 is 0.581 bits per heavy atom. The number of pyridine rings is 2. The number of nitro groups is 2. The van der Waals surface area contributed by atoms with Crippen LogP contribution in [0.1, 0.15) is 40.8 Å². The van der Waals surface area contributed by atoms with E-state index in [2.05, 4.69) is 24.3 Å². The van der Waals surface area contributed by atoms with Crippen molar-refractivity contribution < 1.29 is 9.85 Å². The Labute approximate surface area is 246 Å². The summed E-state index contributed by atoms with van der Waals surface area (Å²) in [5.74, 6) is 0.249. The van der Waals surface area contributed by atoms with E-state index in [4.69, 9.17) is 9.97 Å². The van der Waals surface area contributed by atoms with Crippen LogP contribution >= 0.6 is 0 Å². The highest BCUT2D eigenvalue weighted by Crippen LogP contribution is 2.53. The van der Waals surface area contributed by atoms with Gasteiger partial charge < -0.3 is 0 Å². The Morgan fingerprint density at radius 3 is 1.40 bits per heavy atom. The molecule has 8 nitrogen and oxygen atoms in total. The van der Waals surface area contributed by atoms with Crippen LogP contribution < -0.4 is 0 Å². The lowest BCUT2D eigenvalue weighted by molar-refractivity contribution is -0.384. The van der Waals surface area contributed by atoms with E-state index >= 15 is 0 Å². The Hall–Kier alpha value is -5.50. The Morgan fingerprint density at radius 2 is 1.00 bits per heavy atom. The number of benzene rings is 4. The fourth-order valence-corrected chi connectivity index (χ4v) is 7.30. The van der Waals surface area contributed by atoms with Crippen molar-refractivity contribution in [1.29, 1.82) is 0 Å². The van der Waals surface area contributed by atoms with Crippen LogP contribution in [0.25, 0.3) is 44.1 Å². The summed E-state index contributed by atoms with van der Waals surface area (Å²) in [6.45, 7) is 0. The molecule has 0 amide bonds. The van der Waals surface area contributed by atoms with Crippen molar-refractivity contribution in [2.75, 3.05) is 0 Å². The van der Waals surface area contributed by atoms with E-state index in [-0.39, 0.29) is 33.1 Å². The first-order valence-corrected chi connectivity index (χ1v) is 14.3. The molecule has 2 aliphatic carbocycles. The van der Waals surface area contributed by atoms with Crippen molar-refractivity contribution >= 4 is 33.2 Å². The van der Waals surface area contributed by atoms with Crippen LogP contribution in [0.5, 0.6) is 0 Å². The maximum atomic E-state index is 11.7. The molecule has 8 heteroatoms. The molecule has 43 heavy (non-hydrogen) atoms. The number of rotatable bonds is 4. The number of aromatic nitrogens is 2. The van der Waals surface area contributed by atoms with Gasteiger partial charge in [-0.05, 0) is 76.6 Å². The fraction of sp³-hybridized carbons (Fsp3) is 0.143. The van der Waals surface area contributed by atoms with Gasteiger partial charge in [-0.15, -0.1) is 0 Å². The fourth-order valence-electron chi connectivity index (χ4n) is 7.30. The molecule has 6 aromatic rings. The van der Waals surface area contributed by atoms with Gasteiger partial charge in [-0.3, -0.25) is 30.2 Å². The maximum absolute atomic E-state index is 11.7. The molecule has 0 radical (unpaired) electrons. The van der Waals surface area contributed by atoms with Crippen LogP contribution in [0, 0.1) is 20.2 Å². The standard InChI is InChI=1S/C35H24N4O4/c40-38(41)24-11-13-28-26(18-24)32(20-7-3-1-4-8-20)34-22-15-23(17-30(34)36-28)35-31(16-22)37-29-14-12-25(39(42)43)19-27(29)33(35)21-9-5-2-6-10-21/h1-14,18-19,22-23H,15-17H2/t22-,23-/m0/s1. The average Bonchev–Trinajstić information content (AvgIpc) is 3.03. The molecule has 0 unspecified atom stereocenters. The highest BCUT2D eigenvalue weighted by atomic mass is 16.6. The van der Waals surface area contributed by atoms with Crippen molar-refractivity contribution in [1.82, 2.24) is 9.97 Å². The molecular weight excluding hydrogens is 540 g/mol. The summed E-state index contributed by atoms with van der Waals surface area (Å²) in [5.41, 5.74) is 9.91. The second-order valence-electron chi connectivity index (χ2n) is 11.4. The van der Waals surface area contributed by atoms with E-state index in [1.807, 2.05) is 36.4 Å². The van der Waals surface area contributed by atoms with Gasteiger partial charge in [0, 0.05) is 46.4 Å². The number of non-ortho nitro benzene ring substituents is 2. The minimum Gasteiger partial charge on any atom is -0.258 e. The van der Waals surface area contributed by atoms with Gasteiger partial charge in [0.25, 0.3) is 11.4 Å². The average molecular weight is 565 g/mol. The van der Waals surface area contributed by atoms with Gasteiger partial charge in [-0.25, -0.2) is 0 Å². The Kier molecular flexibility index (Phi) is 5.59. The van der Waals surface area contributed by atoms with Gasteiger partial charge in [0.1, 0.15) is 0 Å². The molecule has 0 N–H and O–H groups in total. The lowest BCUT2D eigenvalue weighted by Gasteiger charge is -2.39. The van der Waals surface area contributed by atoms with Gasteiger partial charge in [0.2, 0.25) is 0 Å². The summed E-state index contributed by atoms with van der Waals surface area (Å²) >= 11 is 0. The molecule has 0 spiro atoms. The number of hydrogen-bond acceptors (Lipinski definition) is 6. The summed E-state index contributed by atoms with van der Waals surface area (Å²) < 4.78 is 0. The number of fused-ring (bicyclic) bond motifs is 8. The monoisotopic (exact) mass is 564 g/mol. The Bertz CT molecular complexity index is 1980. The zero-order chi connectivity index (χ0) is 29.2. The molecule has 8 rings (SSSR count). The number of nitrogens with zero attached hydrogens (tertiary/aromatic N) is 4. The molecular formula is C35H24N4O4. The Balaban J connectivity index is 1.39. The summed E-state index contributed by atoms with van der Waals surface area (Å²) in [4.78, 5) is 33.0. The third-order valence-electron chi connectivity index (χ3n) is 8.98. The van der Waals surface area contributed by atoms with E-state index in [0.717, 1.165) is 73.0 Å². The topological polar surface area (TPSA) is 112 Å². The summed E-state index contributed by atoms with van der Waals surface area (Å²) in [6, 6.07) is 30.0. The molecule has 2 aliphatic rings. The van der Waals surface area contributed by atoms with Crippen molar-refractivity contribution in [3.63, 3.8) is 0 Å². The van der Waals surface area contributed by atoms with Gasteiger partial charge in [0.15, 0.2) is 0 Å². The predicted molar refractivity (Wildman–Crippen MR) is 165 cm³/mol. The smallest absolute Gasteiger partial charge is 0.258 e. The van der Waals surface area contributed by atoms with Crippen molar-refractivity contribution in [2.45, 2.75) is 31.1 Å². The molecule has 0 saturated heterocycles. The largest absolute Gasteiger partial charge is 0.270 e. The van der Waals surface area contributed by atoms with E-state index in [9.17, 15) is 20.2 Å². The van der Waals surface area contributed by atoms with Crippen LogP contribution in [0.3, 0.4) is 0 Å². The molecule has 2 atom stereocenters. The van der Waals surface area contributed by atoms with Gasteiger partial charge in [-0.2, -0.15) is 0 Å². The maximum Gasteiger partial charge on any atom is 0.270 e. The molecule has 2 aromatic heterocycles. The molecule has 0 aliphatic heterocycles. The molecule has 2 bridgehead atoms. The summed E-state index contributed by atoms with van der Waals surface area (Å²) in [5, 5.41) is 25.1. The second-order valence-corrected chi connectivity index (χ2v) is 11.4. The van der Waals surface area contributed by atoms with E-state index in [0.29, 0.717) is 12.8 Å². The van der Waals surface area contributed by atoms with Crippen molar-refractivity contribution in [3.05, 3.63) is 140 Å². The predicted octanol–water partition coefficient (Wildman–Crippen LogP) is 8.30. The minimum atomic E-state index is -0.356. The molecule has 208 valence electrons. The first-order valence-electron chi connectivity index (χ1n) is 14.3. The molecule has 0 fully saturated rings. The third kappa shape index (κ3) is 3.98. The highest BCUT2D eigenvalue weighted by Gasteiger charge is 2.40. The van der Waals surface area contributed by atoms with Gasteiger partial charge in [-0.1, -0.05) is 60.7 Å². The van der Waals surface area contributed by atoms with Crippen LogP contribution in [0.15, 0.2) is 97.1 Å². The molecule has 4 aromatic carbocycles. The first-order chi connectivity index (χ1) is 21.0. The van der Waals surface area contributed by atoms with Gasteiger partial charge in [0.05, 0.1) is 20.9 Å². The van der Waals surface area contributed by atoms with Crippen LogP contribution in [-0.2, 0) is 12.8 Å². The van der Waals surface area contributed by atoms with Crippen molar-refractivity contribution in [2.24, 2.45) is 0 Å². The molecule has 0 saturated carbocycles.